The molecule has 2 aromatic rings. The second-order valence-corrected chi connectivity index (χ2v) is 8.36. The summed E-state index contributed by atoms with van der Waals surface area (Å²) in [6.07, 6.45) is 6.04. The van der Waals surface area contributed by atoms with E-state index >= 15 is 0 Å². The van der Waals surface area contributed by atoms with Gasteiger partial charge in [0.15, 0.2) is 11.6 Å². The molecular formula is C22H31FN4O3. The maximum Gasteiger partial charge on any atom is 0.188 e. The molecule has 0 bridgehead atoms. The van der Waals surface area contributed by atoms with Crippen LogP contribution >= 0.6 is 0 Å². The Morgan fingerprint density at radius 3 is 2.60 bits per heavy atom. The van der Waals surface area contributed by atoms with Crippen molar-refractivity contribution in [2.75, 3.05) is 37.6 Å². The smallest absolute Gasteiger partial charge is 0.188 e. The summed E-state index contributed by atoms with van der Waals surface area (Å²) in [6, 6.07) is 4.07. The van der Waals surface area contributed by atoms with E-state index < -0.39 is 11.4 Å². The van der Waals surface area contributed by atoms with Gasteiger partial charge in [0.05, 0.1) is 18.4 Å². The number of hydrogen-bond donors (Lipinski definition) is 2. The molecule has 0 unspecified atom stereocenters. The maximum atomic E-state index is 13.5. The quantitative estimate of drug-likeness (QED) is 0.746. The van der Waals surface area contributed by atoms with Crippen LogP contribution in [0.2, 0.25) is 0 Å². The van der Waals surface area contributed by atoms with Crippen LogP contribution in [-0.2, 0) is 6.61 Å². The highest BCUT2D eigenvalue weighted by atomic mass is 19.1. The fourth-order valence-electron chi connectivity index (χ4n) is 3.77. The largest absolute Gasteiger partial charge is 0.451 e. The van der Waals surface area contributed by atoms with E-state index in [4.69, 9.17) is 4.74 Å². The monoisotopic (exact) mass is 418 g/mol. The zero-order chi connectivity index (χ0) is 21.6. The van der Waals surface area contributed by atoms with Crippen molar-refractivity contribution in [3.63, 3.8) is 0 Å². The lowest BCUT2D eigenvalue weighted by Crippen LogP contribution is -2.40. The molecule has 0 atom stereocenters. The highest BCUT2D eigenvalue weighted by Crippen LogP contribution is 2.32. The molecule has 2 heterocycles. The number of aromatic nitrogens is 2. The van der Waals surface area contributed by atoms with Crippen LogP contribution in [0, 0.1) is 5.82 Å². The Morgan fingerprint density at radius 2 is 1.83 bits per heavy atom. The Morgan fingerprint density at radius 1 is 1.10 bits per heavy atom. The first-order chi connectivity index (χ1) is 14.4. The molecule has 0 spiro atoms. The molecule has 7 nitrogen and oxygen atoms in total. The molecule has 0 saturated carbocycles. The average Bonchev–Trinajstić information content (AvgIpc) is 2.81. The van der Waals surface area contributed by atoms with E-state index in [1.54, 1.807) is 6.20 Å². The predicted octanol–water partition coefficient (Wildman–Crippen LogP) is 2.96. The first-order valence-corrected chi connectivity index (χ1v) is 10.4. The predicted molar refractivity (Wildman–Crippen MR) is 113 cm³/mol. The molecule has 0 amide bonds. The highest BCUT2D eigenvalue weighted by molar-refractivity contribution is 5.53. The van der Waals surface area contributed by atoms with E-state index in [-0.39, 0.29) is 6.61 Å². The molecule has 1 fully saturated rings. The van der Waals surface area contributed by atoms with Crippen LogP contribution in [0.1, 0.15) is 38.7 Å². The molecule has 8 heteroatoms. The van der Waals surface area contributed by atoms with Crippen LogP contribution in [0.3, 0.4) is 0 Å². The van der Waals surface area contributed by atoms with Crippen molar-refractivity contribution in [3.05, 3.63) is 42.1 Å². The van der Waals surface area contributed by atoms with Crippen LogP contribution in [0.5, 0.6) is 11.5 Å². The Hall–Kier alpha value is -2.29. The zero-order valence-electron chi connectivity index (χ0n) is 17.7. The molecule has 3 rings (SSSR count). The number of aliphatic hydroxyl groups excluding tert-OH is 1. The second-order valence-electron chi connectivity index (χ2n) is 8.36. The van der Waals surface area contributed by atoms with Crippen molar-refractivity contribution < 1.29 is 19.3 Å². The fourth-order valence-corrected chi connectivity index (χ4v) is 3.77. The van der Waals surface area contributed by atoms with Gasteiger partial charge in [0, 0.05) is 25.2 Å². The number of anilines is 1. The van der Waals surface area contributed by atoms with Gasteiger partial charge < -0.3 is 24.7 Å². The van der Waals surface area contributed by atoms with Crippen molar-refractivity contribution in [2.45, 2.75) is 45.3 Å². The maximum absolute atomic E-state index is 13.5. The fraction of sp³-hybridized carbons (Fsp3) is 0.545. The molecule has 1 aliphatic heterocycles. The van der Waals surface area contributed by atoms with Gasteiger partial charge in [-0.1, -0.05) is 0 Å². The minimum atomic E-state index is -0.707. The molecule has 1 saturated heterocycles. The molecule has 30 heavy (non-hydrogen) atoms. The van der Waals surface area contributed by atoms with Crippen LogP contribution < -0.4 is 9.64 Å². The lowest BCUT2D eigenvalue weighted by Gasteiger charge is -2.28. The number of nitrogens with zero attached hydrogens (tertiary/aromatic N) is 4. The van der Waals surface area contributed by atoms with E-state index in [1.165, 1.54) is 24.5 Å². The number of β-amino-alcohol motifs (C(OH)–C–C–N with tert-alkyl or cyclic N) is 1. The van der Waals surface area contributed by atoms with Gasteiger partial charge in [-0.3, -0.25) is 0 Å². The zero-order valence-corrected chi connectivity index (χ0v) is 17.7. The molecular weight excluding hydrogens is 387 g/mol. The summed E-state index contributed by atoms with van der Waals surface area (Å²) in [6.45, 7) is 7.50. The van der Waals surface area contributed by atoms with E-state index in [0.29, 0.717) is 29.4 Å². The Bertz CT molecular complexity index is 828. The van der Waals surface area contributed by atoms with Crippen LogP contribution in [-0.4, -0.2) is 63.4 Å². The summed E-state index contributed by atoms with van der Waals surface area (Å²) >= 11 is 0. The van der Waals surface area contributed by atoms with Crippen LogP contribution in [0.15, 0.2) is 30.7 Å². The van der Waals surface area contributed by atoms with Crippen molar-refractivity contribution in [3.8, 4) is 11.5 Å². The third-order valence-corrected chi connectivity index (χ3v) is 5.04. The van der Waals surface area contributed by atoms with Gasteiger partial charge in [-0.2, -0.15) is 0 Å². The van der Waals surface area contributed by atoms with E-state index in [9.17, 15) is 14.6 Å². The molecule has 1 aromatic heterocycles. The molecule has 1 aliphatic rings. The third-order valence-electron chi connectivity index (χ3n) is 5.04. The van der Waals surface area contributed by atoms with Crippen molar-refractivity contribution in [1.82, 2.24) is 14.9 Å². The number of rotatable bonds is 6. The first-order valence-electron chi connectivity index (χ1n) is 10.4. The van der Waals surface area contributed by atoms with Crippen molar-refractivity contribution in [1.29, 1.82) is 0 Å². The minimum Gasteiger partial charge on any atom is -0.451 e. The first kappa shape index (κ1) is 22.4. The Balaban J connectivity index is 1.75. The highest BCUT2D eigenvalue weighted by Gasteiger charge is 2.21. The Labute approximate surface area is 177 Å². The number of benzene rings is 1. The third kappa shape index (κ3) is 6.35. The summed E-state index contributed by atoms with van der Waals surface area (Å²) in [5.74, 6) is 1.13. The number of halogens is 1. The lowest BCUT2D eigenvalue weighted by molar-refractivity contribution is 0.0359. The van der Waals surface area contributed by atoms with Crippen molar-refractivity contribution >= 4 is 5.82 Å². The SMILES string of the molecule is CC(C)(O)CN1CCCCN(c2ncncc2Oc2ccc(F)cc2CO)CCC1. The molecule has 0 radical (unpaired) electrons. The average molecular weight is 419 g/mol. The number of aliphatic hydroxyl groups is 2. The van der Waals surface area contributed by atoms with Gasteiger partial charge in [0.25, 0.3) is 0 Å². The van der Waals surface area contributed by atoms with Gasteiger partial charge in [0.1, 0.15) is 17.9 Å². The van der Waals surface area contributed by atoms with Gasteiger partial charge in [-0.05, 0) is 64.4 Å². The Kier molecular flexibility index (Phi) is 7.58. The van der Waals surface area contributed by atoms with E-state index in [0.717, 1.165) is 45.4 Å². The van der Waals surface area contributed by atoms with Crippen molar-refractivity contribution in [2.24, 2.45) is 0 Å². The summed E-state index contributed by atoms with van der Waals surface area (Å²) in [4.78, 5) is 13.0. The standard InChI is InChI=1S/C22H31FN4O3/c1-22(2,29)15-26-8-3-4-10-27(11-5-9-26)21-20(13-24-16-25-21)30-19-7-6-18(23)12-17(19)14-28/h6-7,12-13,16,28-29H,3-5,8-11,14-15H2,1-2H3. The molecule has 0 aliphatic carbocycles. The molecule has 1 aromatic carbocycles. The normalized spacial score (nSPS) is 16.6. The molecule has 2 N–H and O–H groups in total. The molecule has 164 valence electrons. The van der Waals surface area contributed by atoms with Gasteiger partial charge in [-0.25, -0.2) is 14.4 Å². The van der Waals surface area contributed by atoms with Gasteiger partial charge in [-0.15, -0.1) is 0 Å². The minimum absolute atomic E-state index is 0.323. The second kappa shape index (κ2) is 10.1. The number of hydrogen-bond acceptors (Lipinski definition) is 7. The summed E-state index contributed by atoms with van der Waals surface area (Å²) in [5.41, 5.74) is -0.336. The van der Waals surface area contributed by atoms with E-state index in [1.807, 2.05) is 13.8 Å². The van der Waals surface area contributed by atoms with Crippen LogP contribution in [0.25, 0.3) is 0 Å². The van der Waals surface area contributed by atoms with Gasteiger partial charge >= 0.3 is 0 Å². The number of ether oxygens (including phenoxy) is 1. The van der Waals surface area contributed by atoms with Crippen LogP contribution in [0.4, 0.5) is 10.2 Å². The summed E-state index contributed by atoms with van der Waals surface area (Å²) < 4.78 is 19.5. The lowest BCUT2D eigenvalue weighted by atomic mass is 10.1. The topological polar surface area (TPSA) is 82.0 Å². The van der Waals surface area contributed by atoms with Gasteiger partial charge in [0.2, 0.25) is 0 Å². The summed E-state index contributed by atoms with van der Waals surface area (Å²) in [7, 11) is 0. The summed E-state index contributed by atoms with van der Waals surface area (Å²) in [5, 5.41) is 19.7. The van der Waals surface area contributed by atoms with E-state index in [2.05, 4.69) is 19.8 Å².